The van der Waals surface area contributed by atoms with Crippen molar-refractivity contribution in [2.75, 3.05) is 13.2 Å². The minimum absolute atomic E-state index is 0.00166. The number of hydrogen-bond donors (Lipinski definition) is 0. The summed E-state index contributed by atoms with van der Waals surface area (Å²) < 4.78 is 11.3. The average Bonchev–Trinajstić information content (AvgIpc) is 3.31. The van der Waals surface area contributed by atoms with Gasteiger partial charge in [-0.3, -0.25) is 0 Å². The Morgan fingerprint density at radius 3 is 2.66 bits per heavy atom. The number of carbonyl (C=O) groups is 1. The Hall–Kier alpha value is -2.81. The number of aryl methyl sites for hydroxylation is 1. The third-order valence-corrected chi connectivity index (χ3v) is 7.02. The first kappa shape index (κ1) is 22.4. The minimum atomic E-state index is -0.281. The Morgan fingerprint density at radius 2 is 1.94 bits per heavy atom. The number of rotatable bonds is 6. The zero-order valence-corrected chi connectivity index (χ0v) is 20.1. The summed E-state index contributed by atoms with van der Waals surface area (Å²) in [4.78, 5) is 11.7. The fourth-order valence-corrected chi connectivity index (χ4v) is 4.72. The molecule has 1 aliphatic heterocycles. The van der Waals surface area contributed by atoms with E-state index in [1.165, 1.54) is 27.8 Å². The van der Waals surface area contributed by atoms with Crippen molar-refractivity contribution in [2.45, 2.75) is 58.8 Å². The smallest absolute Gasteiger partial charge is 0.330 e. The van der Waals surface area contributed by atoms with Crippen LogP contribution in [0.3, 0.4) is 0 Å². The number of ether oxygens (including phenoxy) is 2. The Balaban J connectivity index is 1.68. The normalized spacial score (nSPS) is 23.7. The predicted molar refractivity (Wildman–Crippen MR) is 130 cm³/mol. The lowest BCUT2D eigenvalue weighted by molar-refractivity contribution is -0.137. The highest BCUT2D eigenvalue weighted by molar-refractivity contribution is 5.83. The third kappa shape index (κ3) is 4.13. The second-order valence-corrected chi connectivity index (χ2v) is 10.1. The summed E-state index contributed by atoms with van der Waals surface area (Å²) >= 11 is 0. The van der Waals surface area contributed by atoms with Gasteiger partial charge in [0.25, 0.3) is 0 Å². The second-order valence-electron chi connectivity index (χ2n) is 10.1. The maximum Gasteiger partial charge on any atom is 0.330 e. The molecule has 0 N–H and O–H groups in total. The van der Waals surface area contributed by atoms with Crippen LogP contribution in [0.25, 0.3) is 11.1 Å². The monoisotopic (exact) mass is 430 g/mol. The van der Waals surface area contributed by atoms with Gasteiger partial charge in [-0.2, -0.15) is 0 Å². The van der Waals surface area contributed by atoms with Crippen LogP contribution in [0.4, 0.5) is 0 Å². The highest BCUT2D eigenvalue weighted by atomic mass is 16.5. The topological polar surface area (TPSA) is 35.5 Å². The van der Waals surface area contributed by atoms with Gasteiger partial charge in [0.1, 0.15) is 5.75 Å². The molecule has 2 aliphatic rings. The van der Waals surface area contributed by atoms with Crippen LogP contribution >= 0.6 is 0 Å². The van der Waals surface area contributed by atoms with Crippen molar-refractivity contribution in [2.24, 2.45) is 5.92 Å². The lowest BCUT2D eigenvalue weighted by Gasteiger charge is -2.21. The highest BCUT2D eigenvalue weighted by Crippen LogP contribution is 2.57. The van der Waals surface area contributed by atoms with Crippen molar-refractivity contribution in [3.63, 3.8) is 0 Å². The SMILES string of the molecule is CCOC(=O)C=C(C)C=C[C@@H]1CC1(C)c1cc(-c2ccccc2C)c2c(c1)C(C)(C)CO2. The van der Waals surface area contributed by atoms with E-state index in [0.717, 1.165) is 17.7 Å². The van der Waals surface area contributed by atoms with E-state index in [-0.39, 0.29) is 16.8 Å². The molecule has 32 heavy (non-hydrogen) atoms. The molecule has 1 unspecified atom stereocenters. The molecule has 0 amide bonds. The van der Waals surface area contributed by atoms with Crippen molar-refractivity contribution >= 4 is 5.97 Å². The predicted octanol–water partition coefficient (Wildman–Crippen LogP) is 6.68. The summed E-state index contributed by atoms with van der Waals surface area (Å²) in [5.41, 5.74) is 7.39. The van der Waals surface area contributed by atoms with Gasteiger partial charge in [0.2, 0.25) is 0 Å². The molecular weight excluding hydrogens is 396 g/mol. The molecule has 0 radical (unpaired) electrons. The Kier molecular flexibility index (Phi) is 5.79. The fourth-order valence-electron chi connectivity index (χ4n) is 4.72. The van der Waals surface area contributed by atoms with Crippen molar-refractivity contribution in [1.29, 1.82) is 0 Å². The zero-order valence-electron chi connectivity index (χ0n) is 20.1. The van der Waals surface area contributed by atoms with E-state index in [4.69, 9.17) is 9.47 Å². The lowest BCUT2D eigenvalue weighted by Crippen LogP contribution is -2.18. The van der Waals surface area contributed by atoms with Crippen LogP contribution in [0.5, 0.6) is 5.75 Å². The third-order valence-electron chi connectivity index (χ3n) is 7.02. The number of carbonyl (C=O) groups excluding carboxylic acids is 1. The number of esters is 1. The van der Waals surface area contributed by atoms with E-state index in [9.17, 15) is 4.79 Å². The summed E-state index contributed by atoms with van der Waals surface area (Å²) in [5.74, 6) is 1.20. The summed E-state index contributed by atoms with van der Waals surface area (Å²) in [7, 11) is 0. The van der Waals surface area contributed by atoms with Gasteiger partial charge >= 0.3 is 5.97 Å². The largest absolute Gasteiger partial charge is 0.492 e. The van der Waals surface area contributed by atoms with Crippen molar-refractivity contribution < 1.29 is 14.3 Å². The first-order chi connectivity index (χ1) is 15.2. The Morgan fingerprint density at radius 1 is 1.19 bits per heavy atom. The van der Waals surface area contributed by atoms with Gasteiger partial charge in [-0.05, 0) is 66.9 Å². The standard InChI is InChI=1S/C29H34O3/c1-7-31-26(30)14-19(2)12-13-21-17-29(21,6)22-15-24(23-11-9-8-10-20(23)3)27-25(16-22)28(4,5)18-32-27/h8-16,21H,7,17-18H2,1-6H3/t21-,29?/m1/s1. The van der Waals surface area contributed by atoms with E-state index in [2.05, 4.69) is 76.2 Å². The van der Waals surface area contributed by atoms with Crippen molar-refractivity contribution in [3.8, 4) is 16.9 Å². The van der Waals surface area contributed by atoms with Gasteiger partial charge in [0, 0.05) is 22.6 Å². The van der Waals surface area contributed by atoms with Crippen LogP contribution in [0.1, 0.15) is 57.7 Å². The van der Waals surface area contributed by atoms with E-state index < -0.39 is 0 Å². The van der Waals surface area contributed by atoms with Crippen LogP contribution in [0.2, 0.25) is 0 Å². The quantitative estimate of drug-likeness (QED) is 0.291. The molecule has 0 saturated heterocycles. The zero-order chi connectivity index (χ0) is 23.1. The van der Waals surface area contributed by atoms with Gasteiger partial charge in [-0.1, -0.05) is 63.3 Å². The van der Waals surface area contributed by atoms with E-state index in [1.54, 1.807) is 6.08 Å². The molecule has 3 nitrogen and oxygen atoms in total. The molecule has 2 aromatic carbocycles. The summed E-state index contributed by atoms with van der Waals surface area (Å²) in [5, 5.41) is 0. The van der Waals surface area contributed by atoms with Gasteiger partial charge in [-0.15, -0.1) is 0 Å². The Labute approximate surface area is 192 Å². The maximum absolute atomic E-state index is 11.7. The van der Waals surface area contributed by atoms with Crippen molar-refractivity contribution in [1.82, 2.24) is 0 Å². The molecule has 1 aliphatic carbocycles. The highest BCUT2D eigenvalue weighted by Gasteiger charge is 2.50. The van der Waals surface area contributed by atoms with E-state index >= 15 is 0 Å². The summed E-state index contributed by atoms with van der Waals surface area (Å²) in [6.45, 7) is 13.9. The lowest BCUT2D eigenvalue weighted by atomic mass is 9.81. The molecule has 0 bridgehead atoms. The number of fused-ring (bicyclic) bond motifs is 1. The van der Waals surface area contributed by atoms with Crippen LogP contribution in [-0.2, 0) is 20.4 Å². The second kappa shape index (κ2) is 8.27. The average molecular weight is 431 g/mol. The first-order valence-electron chi connectivity index (χ1n) is 11.6. The van der Waals surface area contributed by atoms with Gasteiger partial charge in [-0.25, -0.2) is 4.79 Å². The minimum Gasteiger partial charge on any atom is -0.492 e. The van der Waals surface area contributed by atoms with Gasteiger partial charge < -0.3 is 9.47 Å². The summed E-state index contributed by atoms with van der Waals surface area (Å²) in [6.07, 6.45) is 6.96. The van der Waals surface area contributed by atoms with Gasteiger partial charge in [0.05, 0.1) is 13.2 Å². The molecule has 0 aromatic heterocycles. The van der Waals surface area contributed by atoms with E-state index in [1.807, 2.05) is 13.8 Å². The molecular formula is C29H34O3. The molecule has 4 rings (SSSR count). The fraction of sp³-hybridized carbons (Fsp3) is 0.414. The molecule has 168 valence electrons. The first-order valence-corrected chi connectivity index (χ1v) is 11.6. The van der Waals surface area contributed by atoms with Crippen LogP contribution in [-0.4, -0.2) is 19.2 Å². The molecule has 2 atom stereocenters. The number of hydrogen-bond acceptors (Lipinski definition) is 3. The molecule has 2 aromatic rings. The van der Waals surface area contributed by atoms with Crippen LogP contribution < -0.4 is 4.74 Å². The Bertz CT molecular complexity index is 1110. The summed E-state index contributed by atoms with van der Waals surface area (Å²) in [6, 6.07) is 13.3. The van der Waals surface area contributed by atoms with Crippen molar-refractivity contribution in [3.05, 3.63) is 76.9 Å². The molecule has 0 spiro atoms. The van der Waals surface area contributed by atoms with Crippen LogP contribution in [0, 0.1) is 12.8 Å². The van der Waals surface area contributed by atoms with Gasteiger partial charge in [0.15, 0.2) is 0 Å². The molecule has 1 saturated carbocycles. The molecule has 1 heterocycles. The number of allylic oxidation sites excluding steroid dienone is 3. The maximum atomic E-state index is 11.7. The molecule has 1 fully saturated rings. The van der Waals surface area contributed by atoms with E-state index in [0.29, 0.717) is 19.1 Å². The number of benzene rings is 2. The molecule has 3 heteroatoms. The van der Waals surface area contributed by atoms with Crippen LogP contribution in [0.15, 0.2) is 60.2 Å².